The normalized spacial score (nSPS) is 13.4. The molecule has 0 bridgehead atoms. The maximum absolute atomic E-state index is 12.3. The van der Waals surface area contributed by atoms with Crippen LogP contribution in [0.1, 0.15) is 37.0 Å². The zero-order chi connectivity index (χ0) is 15.2. The molecule has 1 amide bonds. The van der Waals surface area contributed by atoms with Gasteiger partial charge in [0.1, 0.15) is 11.5 Å². The molecule has 0 saturated carbocycles. The Bertz CT molecular complexity index is 439. The number of methoxy groups -OCH3 is 2. The Morgan fingerprint density at radius 2 is 1.80 bits per heavy atom. The van der Waals surface area contributed by atoms with E-state index in [2.05, 4.69) is 5.32 Å². The Morgan fingerprint density at radius 3 is 2.20 bits per heavy atom. The van der Waals surface area contributed by atoms with Crippen LogP contribution in [-0.2, 0) is 0 Å². The number of carbonyl (C=O) groups excluding carboxylic acids is 1. The summed E-state index contributed by atoms with van der Waals surface area (Å²) in [5.74, 6) is 0.921. The summed E-state index contributed by atoms with van der Waals surface area (Å²) >= 11 is 0. The minimum absolute atomic E-state index is 0.0338. The molecule has 1 atom stereocenters. The van der Waals surface area contributed by atoms with Gasteiger partial charge in [-0.05, 0) is 31.9 Å². The van der Waals surface area contributed by atoms with Crippen LogP contribution in [0.25, 0.3) is 0 Å². The van der Waals surface area contributed by atoms with E-state index in [1.807, 2.05) is 13.8 Å². The van der Waals surface area contributed by atoms with Crippen LogP contribution in [0, 0.1) is 0 Å². The Kier molecular flexibility index (Phi) is 5.82. The lowest BCUT2D eigenvalue weighted by molar-refractivity contribution is 0.0885. The molecule has 5 heteroatoms. The molecule has 0 spiro atoms. The molecule has 0 radical (unpaired) electrons. The molecule has 0 fully saturated rings. The molecule has 1 aromatic carbocycles. The van der Waals surface area contributed by atoms with E-state index in [9.17, 15) is 4.79 Å². The van der Waals surface area contributed by atoms with Crippen molar-refractivity contribution in [2.24, 2.45) is 0 Å². The number of hydrogen-bond donors (Lipinski definition) is 2. The average molecular weight is 281 g/mol. The first kappa shape index (κ1) is 16.3. The molecular formula is C15H23NO4. The fourth-order valence-electron chi connectivity index (χ4n) is 1.86. The zero-order valence-electron chi connectivity index (χ0n) is 12.5. The second kappa shape index (κ2) is 7.14. The highest BCUT2D eigenvalue weighted by atomic mass is 16.5. The molecule has 2 N–H and O–H groups in total. The van der Waals surface area contributed by atoms with E-state index in [0.29, 0.717) is 23.5 Å². The summed E-state index contributed by atoms with van der Waals surface area (Å²) < 4.78 is 10.3. The van der Waals surface area contributed by atoms with Crippen molar-refractivity contribution in [3.8, 4) is 11.5 Å². The summed E-state index contributed by atoms with van der Waals surface area (Å²) in [7, 11) is 3.08. The second-order valence-electron chi connectivity index (χ2n) is 4.94. The van der Waals surface area contributed by atoms with Crippen molar-refractivity contribution >= 4 is 5.91 Å². The quantitative estimate of drug-likeness (QED) is 0.802. The Balaban J connectivity index is 2.96. The first-order valence-corrected chi connectivity index (χ1v) is 6.64. The van der Waals surface area contributed by atoms with Crippen molar-refractivity contribution in [2.45, 2.75) is 32.2 Å². The van der Waals surface area contributed by atoms with Gasteiger partial charge in [-0.1, -0.05) is 6.92 Å². The SMILES string of the molecule is CCC(C)(CCO)NC(=O)c1cc(OC)cc(OC)c1. The third-order valence-corrected chi connectivity index (χ3v) is 3.47. The summed E-state index contributed by atoms with van der Waals surface area (Å²) in [6.45, 7) is 3.92. The van der Waals surface area contributed by atoms with Crippen LogP contribution in [-0.4, -0.2) is 37.4 Å². The highest BCUT2D eigenvalue weighted by molar-refractivity contribution is 5.95. The van der Waals surface area contributed by atoms with Crippen molar-refractivity contribution < 1.29 is 19.4 Å². The monoisotopic (exact) mass is 281 g/mol. The van der Waals surface area contributed by atoms with Crippen LogP contribution < -0.4 is 14.8 Å². The molecule has 1 rings (SSSR count). The van der Waals surface area contributed by atoms with Gasteiger partial charge in [0.15, 0.2) is 0 Å². The minimum atomic E-state index is -0.428. The Hall–Kier alpha value is -1.75. The number of aliphatic hydroxyl groups excluding tert-OH is 1. The lowest BCUT2D eigenvalue weighted by Gasteiger charge is -2.29. The number of nitrogens with one attached hydrogen (secondary N) is 1. The van der Waals surface area contributed by atoms with Gasteiger partial charge in [-0.3, -0.25) is 4.79 Å². The number of hydrogen-bond acceptors (Lipinski definition) is 4. The van der Waals surface area contributed by atoms with E-state index in [4.69, 9.17) is 14.6 Å². The summed E-state index contributed by atoms with van der Waals surface area (Å²) in [6.07, 6.45) is 1.25. The number of carbonyl (C=O) groups is 1. The molecule has 0 aliphatic rings. The third kappa shape index (κ3) is 4.13. The van der Waals surface area contributed by atoms with Crippen molar-refractivity contribution in [1.29, 1.82) is 0 Å². The van der Waals surface area contributed by atoms with Crippen LogP contribution in [0.4, 0.5) is 0 Å². The summed E-state index contributed by atoms with van der Waals surface area (Å²) in [6, 6.07) is 5.03. The fourth-order valence-corrected chi connectivity index (χ4v) is 1.86. The van der Waals surface area contributed by atoms with Gasteiger partial charge in [-0.2, -0.15) is 0 Å². The van der Waals surface area contributed by atoms with Gasteiger partial charge in [0.05, 0.1) is 14.2 Å². The van der Waals surface area contributed by atoms with E-state index in [-0.39, 0.29) is 12.5 Å². The number of aliphatic hydroxyl groups is 1. The molecule has 0 heterocycles. The molecule has 5 nitrogen and oxygen atoms in total. The number of benzene rings is 1. The van der Waals surface area contributed by atoms with Crippen molar-refractivity contribution in [3.05, 3.63) is 23.8 Å². The fraction of sp³-hybridized carbons (Fsp3) is 0.533. The maximum atomic E-state index is 12.3. The summed E-state index contributed by atoms with van der Waals surface area (Å²) in [5.41, 5.74) is 0.0427. The Morgan fingerprint density at radius 1 is 1.25 bits per heavy atom. The topological polar surface area (TPSA) is 67.8 Å². The number of amides is 1. The molecule has 1 unspecified atom stereocenters. The highest BCUT2D eigenvalue weighted by Crippen LogP contribution is 2.23. The number of rotatable bonds is 7. The molecule has 0 aliphatic heterocycles. The van der Waals surface area contributed by atoms with Crippen LogP contribution >= 0.6 is 0 Å². The molecule has 20 heavy (non-hydrogen) atoms. The number of ether oxygens (including phenoxy) is 2. The smallest absolute Gasteiger partial charge is 0.251 e. The lowest BCUT2D eigenvalue weighted by atomic mass is 9.94. The van der Waals surface area contributed by atoms with E-state index in [1.165, 1.54) is 0 Å². The van der Waals surface area contributed by atoms with Gasteiger partial charge >= 0.3 is 0 Å². The van der Waals surface area contributed by atoms with Crippen LogP contribution in [0.15, 0.2) is 18.2 Å². The molecule has 0 saturated heterocycles. The van der Waals surface area contributed by atoms with Gasteiger partial charge in [-0.15, -0.1) is 0 Å². The molecular weight excluding hydrogens is 258 g/mol. The standard InChI is InChI=1S/C15H23NO4/c1-5-15(2,6-7-17)16-14(18)11-8-12(19-3)10-13(9-11)20-4/h8-10,17H,5-7H2,1-4H3,(H,16,18). The molecule has 1 aromatic rings. The molecule has 0 aliphatic carbocycles. The van der Waals surface area contributed by atoms with Crippen LogP contribution in [0.5, 0.6) is 11.5 Å². The maximum Gasteiger partial charge on any atom is 0.251 e. The highest BCUT2D eigenvalue weighted by Gasteiger charge is 2.24. The summed E-state index contributed by atoms with van der Waals surface area (Å²) in [4.78, 5) is 12.3. The van der Waals surface area contributed by atoms with E-state index < -0.39 is 5.54 Å². The largest absolute Gasteiger partial charge is 0.497 e. The average Bonchev–Trinajstić information content (AvgIpc) is 2.46. The van der Waals surface area contributed by atoms with Crippen molar-refractivity contribution in [3.63, 3.8) is 0 Å². The minimum Gasteiger partial charge on any atom is -0.497 e. The van der Waals surface area contributed by atoms with Crippen LogP contribution in [0.3, 0.4) is 0 Å². The molecule has 0 aromatic heterocycles. The summed E-state index contributed by atoms with van der Waals surface area (Å²) in [5, 5.41) is 12.0. The van der Waals surface area contributed by atoms with E-state index >= 15 is 0 Å². The first-order chi connectivity index (χ1) is 9.47. The van der Waals surface area contributed by atoms with Crippen LogP contribution in [0.2, 0.25) is 0 Å². The third-order valence-electron chi connectivity index (χ3n) is 3.47. The first-order valence-electron chi connectivity index (χ1n) is 6.64. The van der Waals surface area contributed by atoms with E-state index in [0.717, 1.165) is 6.42 Å². The van der Waals surface area contributed by atoms with Crippen molar-refractivity contribution in [2.75, 3.05) is 20.8 Å². The van der Waals surface area contributed by atoms with E-state index in [1.54, 1.807) is 32.4 Å². The lowest BCUT2D eigenvalue weighted by Crippen LogP contribution is -2.46. The van der Waals surface area contributed by atoms with Gasteiger partial charge in [0.25, 0.3) is 5.91 Å². The zero-order valence-corrected chi connectivity index (χ0v) is 12.5. The predicted molar refractivity (Wildman–Crippen MR) is 77.4 cm³/mol. The Labute approximate surface area is 119 Å². The van der Waals surface area contributed by atoms with Crippen molar-refractivity contribution in [1.82, 2.24) is 5.32 Å². The van der Waals surface area contributed by atoms with Gasteiger partial charge < -0.3 is 19.9 Å². The van der Waals surface area contributed by atoms with Gasteiger partial charge in [0.2, 0.25) is 0 Å². The van der Waals surface area contributed by atoms with Gasteiger partial charge in [-0.25, -0.2) is 0 Å². The second-order valence-corrected chi connectivity index (χ2v) is 4.94. The van der Waals surface area contributed by atoms with Gasteiger partial charge in [0, 0.05) is 23.8 Å². The molecule has 112 valence electrons. The predicted octanol–water partition coefficient (Wildman–Crippen LogP) is 1.98.